The van der Waals surface area contributed by atoms with Crippen LogP contribution in [-0.2, 0) is 9.59 Å². The summed E-state index contributed by atoms with van der Waals surface area (Å²) in [6.45, 7) is 6.19. The zero-order valence-corrected chi connectivity index (χ0v) is 20.9. The van der Waals surface area contributed by atoms with Crippen LogP contribution in [0, 0.1) is 5.82 Å². The molecule has 1 aliphatic heterocycles. The Morgan fingerprint density at radius 1 is 1.32 bits per heavy atom. The quantitative estimate of drug-likeness (QED) is 0.436. The molecule has 1 aliphatic rings. The van der Waals surface area contributed by atoms with E-state index in [1.807, 2.05) is 19.0 Å². The number of fused-ring (bicyclic) bond motifs is 1. The fourth-order valence-electron chi connectivity index (χ4n) is 4.58. The summed E-state index contributed by atoms with van der Waals surface area (Å²) in [5.74, 6) is -0.160. The molecule has 34 heavy (non-hydrogen) atoms. The van der Waals surface area contributed by atoms with Gasteiger partial charge in [0.15, 0.2) is 5.82 Å². The minimum absolute atomic E-state index is 0.0188. The maximum atomic E-state index is 14.0. The number of nitrogens with zero attached hydrogens (tertiary/aromatic N) is 3. The normalized spacial score (nSPS) is 18.3. The fraction of sp³-hybridized carbons (Fsp3) is 0.640. The smallest absolute Gasteiger partial charge is 0.238 e. The molecule has 0 saturated carbocycles. The number of benzene rings is 1. The van der Waals surface area contributed by atoms with Crippen molar-refractivity contribution in [2.45, 2.75) is 70.5 Å². The molecule has 2 aromatic rings. The van der Waals surface area contributed by atoms with E-state index in [-0.39, 0.29) is 29.8 Å². The number of hydrogen-bond acceptors (Lipinski definition) is 5. The number of amides is 2. The van der Waals surface area contributed by atoms with Gasteiger partial charge in [0.2, 0.25) is 11.8 Å². The van der Waals surface area contributed by atoms with Crippen molar-refractivity contribution in [1.82, 2.24) is 30.4 Å². The summed E-state index contributed by atoms with van der Waals surface area (Å²) in [4.78, 5) is 37.9. The highest BCUT2D eigenvalue weighted by atomic mass is 19.1. The van der Waals surface area contributed by atoms with E-state index in [1.54, 1.807) is 19.1 Å². The molecule has 0 radical (unpaired) electrons. The number of hydrogen-bond donors (Lipinski definition) is 3. The zero-order chi connectivity index (χ0) is 24.7. The highest BCUT2D eigenvalue weighted by Crippen LogP contribution is 2.21. The van der Waals surface area contributed by atoms with Gasteiger partial charge >= 0.3 is 0 Å². The predicted molar refractivity (Wildman–Crippen MR) is 132 cm³/mol. The first kappa shape index (κ1) is 26.1. The summed E-state index contributed by atoms with van der Waals surface area (Å²) >= 11 is 0. The molecule has 3 atom stereocenters. The number of carbonyl (C=O) groups is 2. The van der Waals surface area contributed by atoms with Crippen LogP contribution >= 0.6 is 0 Å². The number of imidazole rings is 1. The van der Waals surface area contributed by atoms with Gasteiger partial charge in [0.25, 0.3) is 0 Å². The summed E-state index contributed by atoms with van der Waals surface area (Å²) in [7, 11) is 4.01. The number of carbonyl (C=O) groups excluding carboxylic acids is 2. The average Bonchev–Trinajstić information content (AvgIpc) is 3.26. The Morgan fingerprint density at radius 2 is 2.12 bits per heavy atom. The Balaban J connectivity index is 1.68. The second-order valence-electron chi connectivity index (χ2n) is 9.50. The molecule has 188 valence electrons. The molecule has 8 nitrogen and oxygen atoms in total. The number of likely N-dealkylation sites (tertiary alicyclic amines) is 1. The number of piperidine rings is 1. The minimum atomic E-state index is -0.641. The summed E-state index contributed by atoms with van der Waals surface area (Å²) in [6, 6.07) is 3.88. The predicted octanol–water partition coefficient (Wildman–Crippen LogP) is 2.97. The number of nitrogens with one attached hydrogen (secondary N) is 3. The fourth-order valence-corrected chi connectivity index (χ4v) is 4.58. The summed E-state index contributed by atoms with van der Waals surface area (Å²) in [5.41, 5.74) is 0.836. The van der Waals surface area contributed by atoms with E-state index in [4.69, 9.17) is 0 Å². The lowest BCUT2D eigenvalue weighted by molar-refractivity contribution is -0.138. The van der Waals surface area contributed by atoms with Gasteiger partial charge in [-0.1, -0.05) is 13.0 Å². The standard InChI is InChI=1S/C25H39FN6O2/c1-5-18-10-6-7-15-32(18)22(33)16-21(27-13-9-14-31(3)4)25(34)28-17(2)24-29-20-12-8-11-19(26)23(20)30-24/h8,11-12,17-18,21,27H,5-7,9-10,13-16H2,1-4H3,(H,28,34)(H,29,30)/t17-,18-,21-/m0/s1. The molecule has 1 fully saturated rings. The van der Waals surface area contributed by atoms with Crippen LogP contribution in [0.3, 0.4) is 0 Å². The number of para-hydroxylation sites is 1. The van der Waals surface area contributed by atoms with Gasteiger partial charge in [0, 0.05) is 12.6 Å². The molecule has 3 N–H and O–H groups in total. The van der Waals surface area contributed by atoms with E-state index < -0.39 is 17.9 Å². The largest absolute Gasteiger partial charge is 0.345 e. The lowest BCUT2D eigenvalue weighted by Crippen LogP contribution is -2.51. The number of rotatable bonds is 11. The molecular weight excluding hydrogens is 435 g/mol. The zero-order valence-electron chi connectivity index (χ0n) is 20.9. The second-order valence-corrected chi connectivity index (χ2v) is 9.50. The molecule has 1 saturated heterocycles. The molecule has 0 unspecified atom stereocenters. The summed E-state index contributed by atoms with van der Waals surface area (Å²) < 4.78 is 14.0. The molecular formula is C25H39FN6O2. The van der Waals surface area contributed by atoms with Crippen LogP contribution in [0.25, 0.3) is 11.0 Å². The Kier molecular flexibility index (Phi) is 9.41. The Morgan fingerprint density at radius 3 is 2.82 bits per heavy atom. The van der Waals surface area contributed by atoms with Gasteiger partial charge in [-0.15, -0.1) is 0 Å². The number of aromatic nitrogens is 2. The van der Waals surface area contributed by atoms with Crippen LogP contribution in [0.4, 0.5) is 4.39 Å². The van der Waals surface area contributed by atoms with E-state index in [0.29, 0.717) is 17.9 Å². The van der Waals surface area contributed by atoms with Crippen LogP contribution in [0.1, 0.15) is 64.2 Å². The van der Waals surface area contributed by atoms with Gasteiger partial charge in [-0.3, -0.25) is 9.59 Å². The SMILES string of the molecule is CC[C@H]1CCCCN1C(=O)C[C@H](NCCCN(C)C)C(=O)N[C@@H](C)c1nc2c(F)cccc2[nH]1. The molecule has 0 spiro atoms. The van der Waals surface area contributed by atoms with Crippen molar-refractivity contribution in [2.75, 3.05) is 33.7 Å². The van der Waals surface area contributed by atoms with Gasteiger partial charge in [-0.2, -0.15) is 0 Å². The van der Waals surface area contributed by atoms with Crippen LogP contribution in [0.15, 0.2) is 18.2 Å². The first-order chi connectivity index (χ1) is 16.3. The maximum Gasteiger partial charge on any atom is 0.238 e. The molecule has 2 heterocycles. The van der Waals surface area contributed by atoms with Crippen molar-refractivity contribution in [1.29, 1.82) is 0 Å². The molecule has 1 aromatic carbocycles. The molecule has 0 bridgehead atoms. The van der Waals surface area contributed by atoms with Crippen molar-refractivity contribution in [3.8, 4) is 0 Å². The van der Waals surface area contributed by atoms with Gasteiger partial charge in [-0.05, 0) is 78.3 Å². The van der Waals surface area contributed by atoms with Crippen molar-refractivity contribution < 1.29 is 14.0 Å². The Labute approximate surface area is 201 Å². The van der Waals surface area contributed by atoms with E-state index >= 15 is 0 Å². The summed E-state index contributed by atoms with van der Waals surface area (Å²) in [6.07, 6.45) is 5.09. The third kappa shape index (κ3) is 6.76. The van der Waals surface area contributed by atoms with Crippen LogP contribution in [0.2, 0.25) is 0 Å². The van der Waals surface area contributed by atoms with Gasteiger partial charge in [-0.25, -0.2) is 9.37 Å². The molecule has 9 heteroatoms. The van der Waals surface area contributed by atoms with E-state index in [2.05, 4.69) is 32.4 Å². The van der Waals surface area contributed by atoms with Gasteiger partial charge < -0.3 is 25.4 Å². The van der Waals surface area contributed by atoms with E-state index in [9.17, 15) is 14.0 Å². The molecule has 1 aromatic heterocycles. The highest BCUT2D eigenvalue weighted by molar-refractivity contribution is 5.88. The number of H-pyrrole nitrogens is 1. The van der Waals surface area contributed by atoms with Gasteiger partial charge in [0.05, 0.1) is 24.0 Å². The van der Waals surface area contributed by atoms with E-state index in [0.717, 1.165) is 45.2 Å². The lowest BCUT2D eigenvalue weighted by Gasteiger charge is -2.36. The minimum Gasteiger partial charge on any atom is -0.345 e. The molecule has 3 rings (SSSR count). The third-order valence-electron chi connectivity index (χ3n) is 6.54. The second kappa shape index (κ2) is 12.3. The summed E-state index contributed by atoms with van der Waals surface area (Å²) in [5, 5.41) is 6.25. The van der Waals surface area contributed by atoms with Crippen molar-refractivity contribution >= 4 is 22.8 Å². The third-order valence-corrected chi connectivity index (χ3v) is 6.54. The first-order valence-corrected chi connectivity index (χ1v) is 12.4. The molecule has 0 aliphatic carbocycles. The van der Waals surface area contributed by atoms with Crippen molar-refractivity contribution in [2.24, 2.45) is 0 Å². The highest BCUT2D eigenvalue weighted by Gasteiger charge is 2.30. The lowest BCUT2D eigenvalue weighted by atomic mass is 9.99. The van der Waals surface area contributed by atoms with Crippen LogP contribution in [-0.4, -0.2) is 77.4 Å². The van der Waals surface area contributed by atoms with E-state index in [1.165, 1.54) is 6.07 Å². The first-order valence-electron chi connectivity index (χ1n) is 12.4. The average molecular weight is 475 g/mol. The van der Waals surface area contributed by atoms with Gasteiger partial charge in [0.1, 0.15) is 11.3 Å². The topological polar surface area (TPSA) is 93.4 Å². The Hall–Kier alpha value is -2.52. The maximum absolute atomic E-state index is 14.0. The Bertz CT molecular complexity index is 962. The number of halogens is 1. The van der Waals surface area contributed by atoms with Crippen molar-refractivity contribution in [3.05, 3.63) is 29.8 Å². The van der Waals surface area contributed by atoms with Crippen molar-refractivity contribution in [3.63, 3.8) is 0 Å². The van der Waals surface area contributed by atoms with Crippen LogP contribution in [0.5, 0.6) is 0 Å². The number of aromatic amines is 1. The van der Waals surface area contributed by atoms with Crippen LogP contribution < -0.4 is 10.6 Å². The molecule has 2 amide bonds. The monoisotopic (exact) mass is 474 g/mol.